The van der Waals surface area contributed by atoms with Crippen LogP contribution in [-0.4, -0.2) is 51.8 Å². The molecule has 0 spiro atoms. The Kier molecular flexibility index (Phi) is 7.44. The van der Waals surface area contributed by atoms with Crippen molar-refractivity contribution in [1.29, 1.82) is 0 Å². The van der Waals surface area contributed by atoms with Crippen LogP contribution >= 0.6 is 0 Å². The zero-order valence-electron chi connectivity index (χ0n) is 18.3. The monoisotopic (exact) mass is 413 g/mol. The summed E-state index contributed by atoms with van der Waals surface area (Å²) < 4.78 is 21.5. The Labute approximate surface area is 178 Å². The molecule has 1 fully saturated rings. The molecule has 1 atom stereocenters. The molecule has 1 aliphatic rings. The summed E-state index contributed by atoms with van der Waals surface area (Å²) in [6, 6.07) is 11.5. The number of carbonyl (C=O) groups excluding carboxylic acids is 1. The topological polar surface area (TPSA) is 57.2 Å². The quantitative estimate of drug-likeness (QED) is 0.644. The first-order valence-electron chi connectivity index (χ1n) is 10.3. The third-order valence-corrected chi connectivity index (χ3v) is 5.74. The summed E-state index contributed by atoms with van der Waals surface area (Å²) >= 11 is 0. The number of methoxy groups -OCH3 is 4. The Bertz CT molecular complexity index is 867. The number of aryl methyl sites for hydroxylation is 1. The molecule has 1 unspecified atom stereocenters. The molecular formula is C24H31NO5. The fourth-order valence-corrected chi connectivity index (χ4v) is 4.07. The van der Waals surface area contributed by atoms with Crippen molar-refractivity contribution in [2.75, 3.05) is 35.0 Å². The van der Waals surface area contributed by atoms with Gasteiger partial charge in [-0.3, -0.25) is 4.79 Å². The lowest BCUT2D eigenvalue weighted by Crippen LogP contribution is -2.44. The van der Waals surface area contributed by atoms with E-state index in [1.807, 2.05) is 17.0 Å². The van der Waals surface area contributed by atoms with E-state index >= 15 is 0 Å². The number of rotatable bonds is 8. The standard InChI is InChI=1S/C24H31NO5/c1-27-19-11-13-21(28-2)20(16-19)24(26)25-14-6-5-7-18(25)10-8-17-9-12-22(29-3)23(15-17)30-4/h9,11-13,15-16,18H,5-8,10,14H2,1-4H3. The molecule has 0 N–H and O–H groups in total. The zero-order chi connectivity index (χ0) is 21.5. The maximum atomic E-state index is 13.4. The van der Waals surface area contributed by atoms with Crippen molar-refractivity contribution in [3.05, 3.63) is 47.5 Å². The minimum Gasteiger partial charge on any atom is -0.497 e. The number of amides is 1. The van der Waals surface area contributed by atoms with Crippen LogP contribution < -0.4 is 18.9 Å². The molecule has 1 heterocycles. The van der Waals surface area contributed by atoms with E-state index in [1.54, 1.807) is 46.6 Å². The number of ether oxygens (including phenoxy) is 4. The molecule has 6 heteroatoms. The van der Waals surface area contributed by atoms with E-state index in [0.717, 1.165) is 50.1 Å². The number of benzene rings is 2. The molecule has 1 aliphatic heterocycles. The molecule has 2 aromatic carbocycles. The van der Waals surface area contributed by atoms with Crippen molar-refractivity contribution < 1.29 is 23.7 Å². The van der Waals surface area contributed by atoms with Gasteiger partial charge in [0.05, 0.1) is 34.0 Å². The smallest absolute Gasteiger partial charge is 0.258 e. The van der Waals surface area contributed by atoms with Crippen LogP contribution in [0.4, 0.5) is 0 Å². The number of hydrogen-bond donors (Lipinski definition) is 0. The van der Waals surface area contributed by atoms with Gasteiger partial charge in [-0.2, -0.15) is 0 Å². The van der Waals surface area contributed by atoms with Gasteiger partial charge in [0.2, 0.25) is 0 Å². The van der Waals surface area contributed by atoms with Crippen LogP contribution in [0.3, 0.4) is 0 Å². The van der Waals surface area contributed by atoms with Crippen molar-refractivity contribution in [2.24, 2.45) is 0 Å². The highest BCUT2D eigenvalue weighted by molar-refractivity contribution is 5.97. The average molecular weight is 414 g/mol. The van der Waals surface area contributed by atoms with Gasteiger partial charge in [-0.25, -0.2) is 0 Å². The third kappa shape index (κ3) is 4.81. The first kappa shape index (κ1) is 21.8. The Balaban J connectivity index is 1.76. The SMILES string of the molecule is COc1ccc(OC)c(C(=O)N2CCCCC2CCc2ccc(OC)c(OC)c2)c1. The lowest BCUT2D eigenvalue weighted by atomic mass is 9.94. The van der Waals surface area contributed by atoms with Gasteiger partial charge in [0.25, 0.3) is 5.91 Å². The molecule has 3 rings (SSSR count). The van der Waals surface area contributed by atoms with Crippen LogP contribution in [0.2, 0.25) is 0 Å². The third-order valence-electron chi connectivity index (χ3n) is 5.74. The summed E-state index contributed by atoms with van der Waals surface area (Å²) in [5.74, 6) is 2.68. The van der Waals surface area contributed by atoms with E-state index in [0.29, 0.717) is 17.1 Å². The second-order valence-corrected chi connectivity index (χ2v) is 7.44. The predicted octanol–water partition coefficient (Wildman–Crippen LogP) is 4.35. The van der Waals surface area contributed by atoms with Gasteiger partial charge in [-0.1, -0.05) is 6.07 Å². The molecule has 162 valence electrons. The summed E-state index contributed by atoms with van der Waals surface area (Å²) in [6.07, 6.45) is 4.92. The number of nitrogens with zero attached hydrogens (tertiary/aromatic N) is 1. The molecule has 0 aromatic heterocycles. The second-order valence-electron chi connectivity index (χ2n) is 7.44. The molecule has 0 bridgehead atoms. The predicted molar refractivity (Wildman–Crippen MR) is 116 cm³/mol. The van der Waals surface area contributed by atoms with Gasteiger partial charge in [-0.05, 0) is 68.0 Å². The fourth-order valence-electron chi connectivity index (χ4n) is 4.07. The molecule has 2 aromatic rings. The molecule has 0 aliphatic carbocycles. The van der Waals surface area contributed by atoms with Crippen LogP contribution in [0, 0.1) is 0 Å². The normalized spacial score (nSPS) is 16.1. The maximum absolute atomic E-state index is 13.4. The molecule has 0 saturated carbocycles. The van der Waals surface area contributed by atoms with Crippen molar-refractivity contribution in [3.63, 3.8) is 0 Å². The van der Waals surface area contributed by atoms with Crippen LogP contribution in [-0.2, 0) is 6.42 Å². The summed E-state index contributed by atoms with van der Waals surface area (Å²) in [5.41, 5.74) is 1.72. The van der Waals surface area contributed by atoms with Crippen molar-refractivity contribution in [1.82, 2.24) is 4.90 Å². The lowest BCUT2D eigenvalue weighted by molar-refractivity contribution is 0.0598. The van der Waals surface area contributed by atoms with Gasteiger partial charge >= 0.3 is 0 Å². The highest BCUT2D eigenvalue weighted by atomic mass is 16.5. The van der Waals surface area contributed by atoms with Crippen molar-refractivity contribution >= 4 is 5.91 Å². The molecule has 30 heavy (non-hydrogen) atoms. The largest absolute Gasteiger partial charge is 0.497 e. The first-order valence-corrected chi connectivity index (χ1v) is 10.3. The summed E-state index contributed by atoms with van der Waals surface area (Å²) in [4.78, 5) is 15.4. The molecule has 6 nitrogen and oxygen atoms in total. The number of likely N-dealkylation sites (tertiary alicyclic amines) is 1. The second kappa shape index (κ2) is 10.2. The zero-order valence-corrected chi connectivity index (χ0v) is 18.3. The van der Waals surface area contributed by atoms with Gasteiger partial charge in [-0.15, -0.1) is 0 Å². The minimum atomic E-state index is 0.00256. The Hall–Kier alpha value is -2.89. The lowest BCUT2D eigenvalue weighted by Gasteiger charge is -2.36. The van der Waals surface area contributed by atoms with E-state index in [2.05, 4.69) is 6.07 Å². The minimum absolute atomic E-state index is 0.00256. The van der Waals surface area contributed by atoms with E-state index < -0.39 is 0 Å². The number of piperidine rings is 1. The Morgan fingerprint density at radius 3 is 2.33 bits per heavy atom. The number of carbonyl (C=O) groups is 1. The van der Waals surface area contributed by atoms with Crippen LogP contribution in [0.15, 0.2) is 36.4 Å². The van der Waals surface area contributed by atoms with Gasteiger partial charge in [0.1, 0.15) is 11.5 Å². The van der Waals surface area contributed by atoms with Crippen molar-refractivity contribution in [3.8, 4) is 23.0 Å². The summed E-state index contributed by atoms with van der Waals surface area (Å²) in [5, 5.41) is 0. The Morgan fingerprint density at radius 1 is 0.900 bits per heavy atom. The van der Waals surface area contributed by atoms with Crippen LogP contribution in [0.1, 0.15) is 41.6 Å². The highest BCUT2D eigenvalue weighted by Gasteiger charge is 2.29. The van der Waals surface area contributed by atoms with Crippen LogP contribution in [0.25, 0.3) is 0 Å². The average Bonchev–Trinajstić information content (AvgIpc) is 2.81. The molecular weight excluding hydrogens is 382 g/mol. The van der Waals surface area contributed by atoms with E-state index in [1.165, 1.54) is 5.56 Å². The van der Waals surface area contributed by atoms with Crippen molar-refractivity contribution in [2.45, 2.75) is 38.1 Å². The van der Waals surface area contributed by atoms with E-state index in [9.17, 15) is 4.79 Å². The van der Waals surface area contributed by atoms with Gasteiger partial charge < -0.3 is 23.8 Å². The van der Waals surface area contributed by atoms with Gasteiger partial charge in [0.15, 0.2) is 11.5 Å². The highest BCUT2D eigenvalue weighted by Crippen LogP contribution is 2.31. The fraction of sp³-hybridized carbons (Fsp3) is 0.458. The van der Waals surface area contributed by atoms with Gasteiger partial charge in [0, 0.05) is 12.6 Å². The number of hydrogen-bond acceptors (Lipinski definition) is 5. The summed E-state index contributed by atoms with van der Waals surface area (Å²) in [7, 11) is 6.47. The Morgan fingerprint density at radius 2 is 1.63 bits per heavy atom. The van der Waals surface area contributed by atoms with E-state index in [4.69, 9.17) is 18.9 Å². The summed E-state index contributed by atoms with van der Waals surface area (Å²) in [6.45, 7) is 0.760. The van der Waals surface area contributed by atoms with E-state index in [-0.39, 0.29) is 11.9 Å². The maximum Gasteiger partial charge on any atom is 0.258 e. The first-order chi connectivity index (χ1) is 14.6. The molecule has 1 saturated heterocycles. The molecule has 1 amide bonds. The molecule has 0 radical (unpaired) electrons. The van der Waals surface area contributed by atoms with Crippen LogP contribution in [0.5, 0.6) is 23.0 Å².